The Labute approximate surface area is 80.1 Å². The minimum Gasteiger partial charge on any atom is -0.381 e. The van der Waals surface area contributed by atoms with Crippen molar-refractivity contribution in [3.8, 4) is 6.07 Å². The Hall–Kier alpha value is -0.590. The van der Waals surface area contributed by atoms with E-state index < -0.39 is 5.54 Å². The van der Waals surface area contributed by atoms with Gasteiger partial charge in [0.15, 0.2) is 0 Å². The van der Waals surface area contributed by atoms with E-state index in [-0.39, 0.29) is 0 Å². The second-order valence-corrected chi connectivity index (χ2v) is 3.96. The van der Waals surface area contributed by atoms with E-state index in [2.05, 4.69) is 11.4 Å². The van der Waals surface area contributed by atoms with Crippen LogP contribution < -0.4 is 5.32 Å². The van der Waals surface area contributed by atoms with Crippen molar-refractivity contribution >= 4 is 0 Å². The van der Waals surface area contributed by atoms with E-state index >= 15 is 0 Å². The average molecular weight is 182 g/mol. The molecule has 0 radical (unpaired) electrons. The highest BCUT2D eigenvalue weighted by atomic mass is 16.5. The second kappa shape index (κ2) is 4.59. The van der Waals surface area contributed by atoms with Gasteiger partial charge in [-0.2, -0.15) is 5.26 Å². The second-order valence-electron chi connectivity index (χ2n) is 3.96. The van der Waals surface area contributed by atoms with Gasteiger partial charge in [0, 0.05) is 19.6 Å². The highest BCUT2D eigenvalue weighted by molar-refractivity contribution is 5.02. The molecule has 1 saturated carbocycles. The fourth-order valence-electron chi connectivity index (χ4n) is 1.05. The van der Waals surface area contributed by atoms with E-state index in [1.807, 2.05) is 14.0 Å². The van der Waals surface area contributed by atoms with Crippen molar-refractivity contribution in [3.63, 3.8) is 0 Å². The van der Waals surface area contributed by atoms with Gasteiger partial charge in [0.25, 0.3) is 0 Å². The van der Waals surface area contributed by atoms with Gasteiger partial charge >= 0.3 is 0 Å². The minimum absolute atomic E-state index is 0.427. The molecule has 0 aromatic rings. The van der Waals surface area contributed by atoms with Crippen LogP contribution in [-0.2, 0) is 4.74 Å². The topological polar surface area (TPSA) is 45.0 Å². The lowest BCUT2D eigenvalue weighted by Crippen LogP contribution is -2.39. The van der Waals surface area contributed by atoms with Gasteiger partial charge in [-0.15, -0.1) is 0 Å². The van der Waals surface area contributed by atoms with Gasteiger partial charge in [0.05, 0.1) is 6.07 Å². The summed E-state index contributed by atoms with van der Waals surface area (Å²) in [4.78, 5) is 0. The van der Waals surface area contributed by atoms with E-state index in [1.165, 1.54) is 12.8 Å². The minimum atomic E-state index is -0.427. The predicted octanol–water partition coefficient (Wildman–Crippen LogP) is 1.30. The lowest BCUT2D eigenvalue weighted by molar-refractivity contribution is 0.110. The lowest BCUT2D eigenvalue weighted by atomic mass is 10.0. The molecule has 1 rings (SSSR count). The van der Waals surface area contributed by atoms with Crippen LogP contribution in [0, 0.1) is 17.2 Å². The molecule has 0 aliphatic heterocycles. The van der Waals surface area contributed by atoms with Gasteiger partial charge in [-0.1, -0.05) is 0 Å². The molecule has 0 amide bonds. The molecule has 0 bridgehead atoms. The number of hydrogen-bond donors (Lipinski definition) is 1. The smallest absolute Gasteiger partial charge is 0.105 e. The molecule has 1 unspecified atom stereocenters. The Morgan fingerprint density at radius 2 is 2.31 bits per heavy atom. The van der Waals surface area contributed by atoms with Crippen molar-refractivity contribution in [2.24, 2.45) is 5.92 Å². The molecule has 1 aliphatic carbocycles. The summed E-state index contributed by atoms with van der Waals surface area (Å²) < 4.78 is 5.47. The molecule has 0 saturated heterocycles. The molecule has 1 atom stereocenters. The van der Waals surface area contributed by atoms with E-state index in [9.17, 15) is 0 Å². The molecule has 3 nitrogen and oxygen atoms in total. The summed E-state index contributed by atoms with van der Waals surface area (Å²) in [6.45, 7) is 3.46. The first kappa shape index (κ1) is 10.5. The normalized spacial score (nSPS) is 20.7. The van der Waals surface area contributed by atoms with Crippen molar-refractivity contribution in [1.82, 2.24) is 5.32 Å². The molecular formula is C10H18N2O. The average Bonchev–Trinajstić information content (AvgIpc) is 2.96. The largest absolute Gasteiger partial charge is 0.381 e. The molecule has 0 spiro atoms. The van der Waals surface area contributed by atoms with Crippen molar-refractivity contribution in [2.45, 2.75) is 31.7 Å². The molecule has 1 fully saturated rings. The van der Waals surface area contributed by atoms with Crippen molar-refractivity contribution < 1.29 is 4.74 Å². The highest BCUT2D eigenvalue weighted by Crippen LogP contribution is 2.28. The van der Waals surface area contributed by atoms with Crippen LogP contribution in [0.25, 0.3) is 0 Å². The van der Waals surface area contributed by atoms with E-state index in [0.29, 0.717) is 6.61 Å². The molecule has 1 N–H and O–H groups in total. The molecule has 0 aromatic heterocycles. The summed E-state index contributed by atoms with van der Waals surface area (Å²) in [7, 11) is 1.81. The first-order valence-electron chi connectivity index (χ1n) is 4.88. The molecule has 13 heavy (non-hydrogen) atoms. The molecular weight excluding hydrogens is 164 g/mol. The highest BCUT2D eigenvalue weighted by Gasteiger charge is 2.23. The zero-order valence-corrected chi connectivity index (χ0v) is 8.47. The van der Waals surface area contributed by atoms with Crippen LogP contribution in [0.4, 0.5) is 0 Å². The standard InChI is InChI=1S/C10H18N2O/c1-10(8-11,12-2)5-6-13-7-9-3-4-9/h9,12H,3-7H2,1-2H3. The van der Waals surface area contributed by atoms with Gasteiger partial charge in [-0.3, -0.25) is 0 Å². The summed E-state index contributed by atoms with van der Waals surface area (Å²) >= 11 is 0. The van der Waals surface area contributed by atoms with Crippen LogP contribution in [0.3, 0.4) is 0 Å². The van der Waals surface area contributed by atoms with Gasteiger partial charge in [-0.25, -0.2) is 0 Å². The molecule has 3 heteroatoms. The van der Waals surface area contributed by atoms with E-state index in [0.717, 1.165) is 18.9 Å². The number of rotatable bonds is 6. The number of nitrogens with zero attached hydrogens (tertiary/aromatic N) is 1. The third kappa shape index (κ3) is 3.75. The van der Waals surface area contributed by atoms with Crippen LogP contribution in [0.15, 0.2) is 0 Å². The number of nitriles is 1. The first-order valence-corrected chi connectivity index (χ1v) is 4.88. The fourth-order valence-corrected chi connectivity index (χ4v) is 1.05. The summed E-state index contributed by atoms with van der Waals surface area (Å²) in [6, 6.07) is 2.24. The Kier molecular flexibility index (Phi) is 3.71. The van der Waals surface area contributed by atoms with Gasteiger partial charge in [0.2, 0.25) is 0 Å². The zero-order chi connectivity index (χ0) is 9.73. The molecule has 74 valence electrons. The Morgan fingerprint density at radius 3 is 2.77 bits per heavy atom. The maximum atomic E-state index is 8.84. The van der Waals surface area contributed by atoms with Gasteiger partial charge in [-0.05, 0) is 32.7 Å². The number of nitrogens with one attached hydrogen (secondary N) is 1. The fraction of sp³-hybridized carbons (Fsp3) is 0.900. The first-order chi connectivity index (χ1) is 6.20. The molecule has 0 heterocycles. The van der Waals surface area contributed by atoms with Crippen LogP contribution in [0.5, 0.6) is 0 Å². The Morgan fingerprint density at radius 1 is 1.62 bits per heavy atom. The van der Waals surface area contributed by atoms with Gasteiger partial charge < -0.3 is 10.1 Å². The monoisotopic (exact) mass is 182 g/mol. The third-order valence-electron chi connectivity index (χ3n) is 2.60. The SMILES string of the molecule is CNC(C)(C#N)CCOCC1CC1. The maximum absolute atomic E-state index is 8.84. The third-order valence-corrected chi connectivity index (χ3v) is 2.60. The van der Waals surface area contributed by atoms with Crippen LogP contribution in [0.1, 0.15) is 26.2 Å². The van der Waals surface area contributed by atoms with Crippen molar-refractivity contribution in [3.05, 3.63) is 0 Å². The molecule has 0 aromatic carbocycles. The van der Waals surface area contributed by atoms with Crippen LogP contribution in [-0.4, -0.2) is 25.8 Å². The molecule has 1 aliphatic rings. The van der Waals surface area contributed by atoms with Crippen molar-refractivity contribution in [2.75, 3.05) is 20.3 Å². The summed E-state index contributed by atoms with van der Waals surface area (Å²) in [6.07, 6.45) is 3.40. The maximum Gasteiger partial charge on any atom is 0.105 e. The summed E-state index contributed by atoms with van der Waals surface area (Å²) in [5.41, 5.74) is -0.427. The van der Waals surface area contributed by atoms with Crippen LogP contribution in [0.2, 0.25) is 0 Å². The van der Waals surface area contributed by atoms with Crippen molar-refractivity contribution in [1.29, 1.82) is 5.26 Å². The Balaban J connectivity index is 2.05. The zero-order valence-electron chi connectivity index (χ0n) is 8.47. The predicted molar refractivity (Wildman–Crippen MR) is 51.2 cm³/mol. The van der Waals surface area contributed by atoms with E-state index in [1.54, 1.807) is 0 Å². The summed E-state index contributed by atoms with van der Waals surface area (Å²) in [5, 5.41) is 11.8. The Bertz CT molecular complexity index is 196. The summed E-state index contributed by atoms with van der Waals surface area (Å²) in [5.74, 6) is 0.808. The number of ether oxygens (including phenoxy) is 1. The number of hydrogen-bond acceptors (Lipinski definition) is 3. The van der Waals surface area contributed by atoms with Crippen LogP contribution >= 0.6 is 0 Å². The van der Waals surface area contributed by atoms with E-state index in [4.69, 9.17) is 10.00 Å². The lowest BCUT2D eigenvalue weighted by Gasteiger charge is -2.20. The quantitative estimate of drug-likeness (QED) is 0.630. The van der Waals surface area contributed by atoms with Gasteiger partial charge in [0.1, 0.15) is 5.54 Å².